The van der Waals surface area contributed by atoms with Crippen LogP contribution in [0.1, 0.15) is 28.2 Å². The zero-order chi connectivity index (χ0) is 22.6. The van der Waals surface area contributed by atoms with Gasteiger partial charge >= 0.3 is 6.18 Å². The number of rotatable bonds is 6. The van der Waals surface area contributed by atoms with E-state index in [1.54, 1.807) is 42.5 Å². The maximum atomic E-state index is 13.6. The molecule has 0 bridgehead atoms. The number of hydrogen-bond donors (Lipinski definition) is 2. The van der Waals surface area contributed by atoms with E-state index in [9.17, 15) is 28.3 Å². The summed E-state index contributed by atoms with van der Waals surface area (Å²) in [7, 11) is 1.35. The van der Waals surface area contributed by atoms with Gasteiger partial charge in [0, 0.05) is 43.5 Å². The molecule has 0 saturated heterocycles. The summed E-state index contributed by atoms with van der Waals surface area (Å²) in [6.45, 7) is -0.448. The molecule has 9 heteroatoms. The fraction of sp³-hybridized carbons (Fsp3) is 0.227. The van der Waals surface area contributed by atoms with E-state index >= 15 is 0 Å². The number of aryl methyl sites for hydroxylation is 1. The van der Waals surface area contributed by atoms with E-state index in [2.05, 4.69) is 16.4 Å². The van der Waals surface area contributed by atoms with Crippen LogP contribution in [0.3, 0.4) is 0 Å². The Hall–Kier alpha value is -3.64. The van der Waals surface area contributed by atoms with Crippen LogP contribution in [0.25, 0.3) is 11.1 Å². The zero-order valence-electron chi connectivity index (χ0n) is 16.5. The first-order chi connectivity index (χ1) is 14.7. The molecule has 31 heavy (non-hydrogen) atoms. The van der Waals surface area contributed by atoms with Gasteiger partial charge in [-0.25, -0.2) is 4.98 Å². The van der Waals surface area contributed by atoms with Gasteiger partial charge in [0.1, 0.15) is 5.82 Å². The van der Waals surface area contributed by atoms with E-state index in [0.29, 0.717) is 16.7 Å². The average molecular weight is 428 g/mol. The van der Waals surface area contributed by atoms with E-state index in [-0.39, 0.29) is 5.56 Å². The fourth-order valence-electron chi connectivity index (χ4n) is 3.33. The first kappa shape index (κ1) is 22.1. The Kier molecular flexibility index (Phi) is 6.13. The lowest BCUT2D eigenvalue weighted by molar-refractivity contribution is -0.272. The third-order valence-electron chi connectivity index (χ3n) is 4.94. The Morgan fingerprint density at radius 3 is 2.42 bits per heavy atom. The van der Waals surface area contributed by atoms with Crippen molar-refractivity contribution in [3.63, 3.8) is 0 Å². The Morgan fingerprint density at radius 2 is 1.81 bits per heavy atom. The Morgan fingerprint density at radius 1 is 1.16 bits per heavy atom. The van der Waals surface area contributed by atoms with Gasteiger partial charge in [0.25, 0.3) is 5.91 Å². The van der Waals surface area contributed by atoms with Crippen molar-refractivity contribution < 1.29 is 23.1 Å². The second kappa shape index (κ2) is 8.62. The van der Waals surface area contributed by atoms with E-state index in [1.165, 1.54) is 19.3 Å². The molecule has 0 saturated carbocycles. The largest absolute Gasteiger partial charge is 0.424 e. The summed E-state index contributed by atoms with van der Waals surface area (Å²) in [5.74, 6) is -1.18. The molecular weight excluding hydrogens is 409 g/mol. The van der Waals surface area contributed by atoms with Crippen LogP contribution in [0.5, 0.6) is 0 Å². The first-order valence-electron chi connectivity index (χ1n) is 9.32. The van der Waals surface area contributed by atoms with Crippen LogP contribution in [0.2, 0.25) is 0 Å². The number of hydrogen-bond acceptors (Lipinski definition) is 4. The molecule has 2 N–H and O–H groups in total. The second-order valence-corrected chi connectivity index (χ2v) is 6.93. The number of carbonyl (C=O) groups is 1. The van der Waals surface area contributed by atoms with Crippen molar-refractivity contribution in [1.29, 1.82) is 5.26 Å². The minimum Gasteiger partial charge on any atom is -0.374 e. The molecule has 0 fully saturated rings. The molecule has 0 spiro atoms. The highest BCUT2D eigenvalue weighted by molar-refractivity contribution is 6.01. The fourth-order valence-corrected chi connectivity index (χ4v) is 3.33. The third kappa shape index (κ3) is 4.29. The third-order valence-corrected chi connectivity index (χ3v) is 4.94. The maximum absolute atomic E-state index is 13.6. The molecule has 0 aliphatic heterocycles. The molecule has 3 rings (SSSR count). The van der Waals surface area contributed by atoms with Crippen molar-refractivity contribution in [2.75, 3.05) is 6.54 Å². The summed E-state index contributed by atoms with van der Waals surface area (Å²) < 4.78 is 41.9. The molecule has 0 radical (unpaired) electrons. The highest BCUT2D eigenvalue weighted by Crippen LogP contribution is 2.40. The van der Waals surface area contributed by atoms with Gasteiger partial charge in [-0.3, -0.25) is 4.79 Å². The monoisotopic (exact) mass is 428 g/mol. The zero-order valence-corrected chi connectivity index (χ0v) is 16.5. The average Bonchev–Trinajstić information content (AvgIpc) is 3.19. The van der Waals surface area contributed by atoms with Gasteiger partial charge in [-0.1, -0.05) is 36.4 Å². The number of halogens is 3. The molecule has 0 aliphatic rings. The summed E-state index contributed by atoms with van der Waals surface area (Å²) in [6, 6.07) is 15.3. The van der Waals surface area contributed by atoms with Gasteiger partial charge in [-0.15, -0.1) is 0 Å². The minimum absolute atomic E-state index is 0.206. The van der Waals surface area contributed by atoms with Crippen molar-refractivity contribution in [2.45, 2.75) is 18.2 Å². The summed E-state index contributed by atoms with van der Waals surface area (Å²) in [5, 5.41) is 22.2. The number of nitrogens with zero attached hydrogens (tertiary/aromatic N) is 3. The number of amides is 1. The number of nitrogens with one attached hydrogen (secondary N) is 1. The van der Waals surface area contributed by atoms with Crippen molar-refractivity contribution in [3.8, 4) is 17.2 Å². The number of nitriles is 1. The van der Waals surface area contributed by atoms with Crippen LogP contribution in [0.4, 0.5) is 13.2 Å². The van der Waals surface area contributed by atoms with Gasteiger partial charge in [-0.05, 0) is 17.7 Å². The van der Waals surface area contributed by atoms with Crippen molar-refractivity contribution in [2.24, 2.45) is 7.05 Å². The van der Waals surface area contributed by atoms with Gasteiger partial charge in [0.2, 0.25) is 5.60 Å². The van der Waals surface area contributed by atoms with Gasteiger partial charge in [-0.2, -0.15) is 18.4 Å². The van der Waals surface area contributed by atoms with Gasteiger partial charge in [0.05, 0.1) is 11.6 Å². The molecule has 1 heterocycles. The van der Waals surface area contributed by atoms with E-state index in [0.717, 1.165) is 10.8 Å². The molecule has 0 aliphatic carbocycles. The number of imidazole rings is 1. The van der Waals surface area contributed by atoms with Crippen molar-refractivity contribution >= 4 is 5.91 Å². The van der Waals surface area contributed by atoms with Crippen LogP contribution < -0.4 is 5.32 Å². The van der Waals surface area contributed by atoms with Crippen LogP contribution in [0.15, 0.2) is 60.9 Å². The number of alkyl halides is 3. The SMILES string of the molecule is Cn1ccnc1C(O)(CCNC(=O)c1ccccc1-c1ccccc1C#N)C(F)(F)F. The number of carbonyl (C=O) groups excluding carboxylic acids is 1. The smallest absolute Gasteiger partial charge is 0.374 e. The molecule has 1 unspecified atom stereocenters. The summed E-state index contributed by atoms with van der Waals surface area (Å²) in [6.07, 6.45) is -3.34. The summed E-state index contributed by atoms with van der Waals surface area (Å²) in [5.41, 5.74) is -1.63. The predicted octanol–water partition coefficient (Wildman–Crippen LogP) is 3.53. The number of aliphatic hydroxyl groups is 1. The summed E-state index contributed by atoms with van der Waals surface area (Å²) >= 11 is 0. The number of aromatic nitrogens is 2. The molecule has 3 aromatic rings. The molecule has 6 nitrogen and oxygen atoms in total. The van der Waals surface area contributed by atoms with Crippen LogP contribution in [-0.2, 0) is 12.6 Å². The minimum atomic E-state index is -4.99. The molecule has 1 aromatic heterocycles. The standard InChI is InChI=1S/C22H19F3N4O2/c1-29-13-12-28-20(29)21(31,22(23,24)25)10-11-27-19(30)18-9-5-4-8-17(18)16-7-3-2-6-15(16)14-26/h2-9,12-13,31H,10-11H2,1H3,(H,27,30). The molecule has 1 amide bonds. The van der Waals surface area contributed by atoms with Crippen LogP contribution >= 0.6 is 0 Å². The normalized spacial score (nSPS) is 13.3. The first-order valence-corrected chi connectivity index (χ1v) is 9.32. The van der Waals surface area contributed by atoms with Crippen molar-refractivity contribution in [1.82, 2.24) is 14.9 Å². The van der Waals surface area contributed by atoms with Crippen molar-refractivity contribution in [3.05, 3.63) is 77.9 Å². The van der Waals surface area contributed by atoms with Crippen LogP contribution in [-0.4, -0.2) is 33.3 Å². The molecule has 160 valence electrons. The predicted molar refractivity (Wildman–Crippen MR) is 107 cm³/mol. The highest BCUT2D eigenvalue weighted by atomic mass is 19.4. The second-order valence-electron chi connectivity index (χ2n) is 6.93. The topological polar surface area (TPSA) is 90.9 Å². The lowest BCUT2D eigenvalue weighted by atomic mass is 9.95. The van der Waals surface area contributed by atoms with E-state index in [1.807, 2.05) is 0 Å². The van der Waals surface area contributed by atoms with Crippen LogP contribution in [0, 0.1) is 11.3 Å². The molecular formula is C22H19F3N4O2. The molecule has 1 atom stereocenters. The number of benzene rings is 2. The lowest BCUT2D eigenvalue weighted by Crippen LogP contribution is -2.46. The Labute approximate surface area is 176 Å². The van der Waals surface area contributed by atoms with E-state index in [4.69, 9.17) is 0 Å². The lowest BCUT2D eigenvalue weighted by Gasteiger charge is -2.30. The van der Waals surface area contributed by atoms with Gasteiger partial charge in [0.15, 0.2) is 0 Å². The Bertz CT molecular complexity index is 1130. The van der Waals surface area contributed by atoms with Gasteiger partial charge < -0.3 is 15.0 Å². The Balaban J connectivity index is 1.82. The maximum Gasteiger partial charge on any atom is 0.424 e. The molecule has 2 aromatic carbocycles. The quantitative estimate of drug-likeness (QED) is 0.629. The highest BCUT2D eigenvalue weighted by Gasteiger charge is 2.57. The van der Waals surface area contributed by atoms with E-state index < -0.39 is 36.5 Å². The summed E-state index contributed by atoms with van der Waals surface area (Å²) in [4.78, 5) is 16.4.